The minimum atomic E-state index is 0.0229. The summed E-state index contributed by atoms with van der Waals surface area (Å²) < 4.78 is 0. The predicted octanol–water partition coefficient (Wildman–Crippen LogP) is 2.59. The first-order chi connectivity index (χ1) is 12.3. The molecule has 1 saturated carbocycles. The van der Waals surface area contributed by atoms with Crippen LogP contribution in [0.5, 0.6) is 0 Å². The van der Waals surface area contributed by atoms with Crippen molar-refractivity contribution in [3.05, 3.63) is 0 Å². The summed E-state index contributed by atoms with van der Waals surface area (Å²) in [5, 5.41) is 0. The summed E-state index contributed by atoms with van der Waals surface area (Å²) in [6, 6.07) is 0.0229. The minimum Gasteiger partial charge on any atom is -0.340 e. The lowest BCUT2D eigenvalue weighted by Gasteiger charge is -2.36. The fourth-order valence-corrected chi connectivity index (χ4v) is 4.90. The van der Waals surface area contributed by atoms with Crippen LogP contribution in [0.1, 0.15) is 57.8 Å². The zero-order valence-corrected chi connectivity index (χ0v) is 15.8. The van der Waals surface area contributed by atoms with Crippen molar-refractivity contribution in [1.29, 1.82) is 0 Å². The number of carbonyl (C=O) groups excluding carboxylic acids is 1. The van der Waals surface area contributed by atoms with Crippen molar-refractivity contribution < 1.29 is 4.79 Å². The molecule has 1 atom stereocenters. The molecule has 4 heteroatoms. The highest BCUT2D eigenvalue weighted by molar-refractivity contribution is 5.82. The number of piperidine rings is 1. The van der Waals surface area contributed by atoms with Crippen LogP contribution in [0.3, 0.4) is 0 Å². The van der Waals surface area contributed by atoms with Gasteiger partial charge in [-0.3, -0.25) is 9.69 Å². The number of nitrogens with zero attached hydrogens (tertiary/aromatic N) is 3. The summed E-state index contributed by atoms with van der Waals surface area (Å²) in [5.74, 6) is 3.95. The minimum absolute atomic E-state index is 0.0229. The maximum atomic E-state index is 13.1. The van der Waals surface area contributed by atoms with E-state index in [0.29, 0.717) is 12.5 Å². The summed E-state index contributed by atoms with van der Waals surface area (Å²) in [4.78, 5) is 20.0. The van der Waals surface area contributed by atoms with Gasteiger partial charge in [0.1, 0.15) is 0 Å². The Labute approximate surface area is 153 Å². The Kier molecular flexibility index (Phi) is 7.19. The lowest BCUT2D eigenvalue weighted by molar-refractivity contribution is -0.137. The molecule has 0 aromatic rings. The van der Waals surface area contributed by atoms with Crippen molar-refractivity contribution in [3.63, 3.8) is 0 Å². The van der Waals surface area contributed by atoms with E-state index in [2.05, 4.69) is 20.6 Å². The predicted molar refractivity (Wildman–Crippen MR) is 102 cm³/mol. The molecule has 25 heavy (non-hydrogen) atoms. The summed E-state index contributed by atoms with van der Waals surface area (Å²) >= 11 is 0. The van der Waals surface area contributed by atoms with E-state index in [0.717, 1.165) is 57.9 Å². The highest BCUT2D eigenvalue weighted by Crippen LogP contribution is 2.25. The standard InChI is InChI=1S/C21H35N3O/c1-2-12-23-14-7-6-11-20(23)21(25)24-15-8-13-22(16-17-24)18-19-9-4-3-5-10-19/h1,19-20H,3-18H2. The first-order valence-electron chi connectivity index (χ1n) is 10.5. The number of terminal acetylenes is 1. The molecule has 140 valence electrons. The van der Waals surface area contributed by atoms with Gasteiger partial charge < -0.3 is 9.80 Å². The van der Waals surface area contributed by atoms with E-state index < -0.39 is 0 Å². The van der Waals surface area contributed by atoms with Crippen molar-refractivity contribution in [2.45, 2.75) is 63.8 Å². The quantitative estimate of drug-likeness (QED) is 0.733. The molecule has 0 bridgehead atoms. The third-order valence-corrected chi connectivity index (χ3v) is 6.33. The Hall–Kier alpha value is -1.05. The molecule has 3 fully saturated rings. The summed E-state index contributed by atoms with van der Waals surface area (Å²) in [6.45, 7) is 6.84. The zero-order valence-electron chi connectivity index (χ0n) is 15.8. The topological polar surface area (TPSA) is 26.8 Å². The molecule has 1 amide bonds. The van der Waals surface area contributed by atoms with E-state index in [4.69, 9.17) is 6.42 Å². The van der Waals surface area contributed by atoms with Crippen molar-refractivity contribution >= 4 is 5.91 Å². The van der Waals surface area contributed by atoms with Gasteiger partial charge in [-0.05, 0) is 51.1 Å². The van der Waals surface area contributed by atoms with Gasteiger partial charge in [-0.15, -0.1) is 6.42 Å². The number of hydrogen-bond acceptors (Lipinski definition) is 3. The molecule has 0 radical (unpaired) electrons. The largest absolute Gasteiger partial charge is 0.340 e. The van der Waals surface area contributed by atoms with Crippen LogP contribution in [0.25, 0.3) is 0 Å². The van der Waals surface area contributed by atoms with Gasteiger partial charge in [0.05, 0.1) is 12.6 Å². The van der Waals surface area contributed by atoms with Crippen LogP contribution in [-0.2, 0) is 4.79 Å². The molecular formula is C21H35N3O. The number of amides is 1. The summed E-state index contributed by atoms with van der Waals surface area (Å²) in [5.41, 5.74) is 0. The maximum Gasteiger partial charge on any atom is 0.240 e. The van der Waals surface area contributed by atoms with E-state index in [1.807, 2.05) is 0 Å². The van der Waals surface area contributed by atoms with Gasteiger partial charge in [-0.1, -0.05) is 31.6 Å². The Morgan fingerprint density at radius 1 is 0.880 bits per heavy atom. The number of rotatable bonds is 4. The van der Waals surface area contributed by atoms with E-state index in [1.54, 1.807) is 0 Å². The highest BCUT2D eigenvalue weighted by atomic mass is 16.2. The van der Waals surface area contributed by atoms with Crippen molar-refractivity contribution in [2.24, 2.45) is 5.92 Å². The zero-order chi connectivity index (χ0) is 17.5. The molecule has 4 nitrogen and oxygen atoms in total. The lowest BCUT2D eigenvalue weighted by Crippen LogP contribution is -2.51. The summed E-state index contributed by atoms with van der Waals surface area (Å²) in [6.07, 6.45) is 17.0. The SMILES string of the molecule is C#CCN1CCCCC1C(=O)N1CCCN(CC2CCCCC2)CC1. The third-order valence-electron chi connectivity index (χ3n) is 6.33. The van der Waals surface area contributed by atoms with Crippen LogP contribution in [0.4, 0.5) is 0 Å². The van der Waals surface area contributed by atoms with E-state index in [9.17, 15) is 4.79 Å². The van der Waals surface area contributed by atoms with Crippen LogP contribution in [-0.4, -0.2) is 72.5 Å². The molecule has 1 aliphatic carbocycles. The number of likely N-dealkylation sites (tertiary alicyclic amines) is 1. The molecule has 2 heterocycles. The smallest absolute Gasteiger partial charge is 0.240 e. The molecule has 1 unspecified atom stereocenters. The van der Waals surface area contributed by atoms with Crippen LogP contribution >= 0.6 is 0 Å². The molecule has 3 rings (SSSR count). The van der Waals surface area contributed by atoms with Crippen LogP contribution < -0.4 is 0 Å². The first-order valence-corrected chi connectivity index (χ1v) is 10.5. The Bertz CT molecular complexity index is 466. The monoisotopic (exact) mass is 345 g/mol. The van der Waals surface area contributed by atoms with Crippen LogP contribution in [0.15, 0.2) is 0 Å². The third kappa shape index (κ3) is 5.21. The number of hydrogen-bond donors (Lipinski definition) is 0. The molecular weight excluding hydrogens is 310 g/mol. The van der Waals surface area contributed by atoms with Crippen LogP contribution in [0, 0.1) is 18.3 Å². The van der Waals surface area contributed by atoms with Gasteiger partial charge in [-0.25, -0.2) is 0 Å². The summed E-state index contributed by atoms with van der Waals surface area (Å²) in [7, 11) is 0. The second kappa shape index (κ2) is 9.59. The highest BCUT2D eigenvalue weighted by Gasteiger charge is 2.32. The van der Waals surface area contributed by atoms with Crippen molar-refractivity contribution in [3.8, 4) is 12.3 Å². The maximum absolute atomic E-state index is 13.1. The Morgan fingerprint density at radius 2 is 1.68 bits per heavy atom. The second-order valence-electron chi connectivity index (χ2n) is 8.17. The molecule has 0 aromatic heterocycles. The second-order valence-corrected chi connectivity index (χ2v) is 8.17. The molecule has 2 saturated heterocycles. The van der Waals surface area contributed by atoms with Gasteiger partial charge >= 0.3 is 0 Å². The van der Waals surface area contributed by atoms with Gasteiger partial charge in [0.2, 0.25) is 5.91 Å². The van der Waals surface area contributed by atoms with Crippen LogP contribution in [0.2, 0.25) is 0 Å². The van der Waals surface area contributed by atoms with E-state index in [-0.39, 0.29) is 6.04 Å². The fourth-order valence-electron chi connectivity index (χ4n) is 4.90. The van der Waals surface area contributed by atoms with Gasteiger partial charge in [-0.2, -0.15) is 0 Å². The van der Waals surface area contributed by atoms with Gasteiger partial charge in [0.25, 0.3) is 0 Å². The lowest BCUT2D eigenvalue weighted by atomic mass is 9.89. The molecule has 0 aromatic carbocycles. The van der Waals surface area contributed by atoms with Gasteiger partial charge in [0, 0.05) is 26.2 Å². The van der Waals surface area contributed by atoms with Crippen molar-refractivity contribution in [2.75, 3.05) is 45.8 Å². The van der Waals surface area contributed by atoms with Crippen molar-refractivity contribution in [1.82, 2.24) is 14.7 Å². The average Bonchev–Trinajstić information content (AvgIpc) is 2.88. The molecule has 0 spiro atoms. The Morgan fingerprint density at radius 3 is 2.48 bits per heavy atom. The van der Waals surface area contributed by atoms with E-state index >= 15 is 0 Å². The first kappa shape index (κ1) is 18.7. The fraction of sp³-hybridized carbons (Fsp3) is 0.857. The molecule has 0 N–H and O–H groups in total. The average molecular weight is 346 g/mol. The normalized spacial score (nSPS) is 27.6. The van der Waals surface area contributed by atoms with E-state index in [1.165, 1.54) is 45.1 Å². The molecule has 2 aliphatic heterocycles. The number of carbonyl (C=O) groups is 1. The van der Waals surface area contributed by atoms with Gasteiger partial charge in [0.15, 0.2) is 0 Å². The Balaban J connectivity index is 1.51. The molecule has 3 aliphatic rings.